The summed E-state index contributed by atoms with van der Waals surface area (Å²) >= 11 is 0. The van der Waals surface area contributed by atoms with Gasteiger partial charge >= 0.3 is 0 Å². The van der Waals surface area contributed by atoms with Crippen LogP contribution in [0.5, 0.6) is 11.5 Å². The van der Waals surface area contributed by atoms with E-state index in [-0.39, 0.29) is 18.1 Å². The van der Waals surface area contributed by atoms with Gasteiger partial charge in [0.1, 0.15) is 6.61 Å². The van der Waals surface area contributed by atoms with Gasteiger partial charge in [0.05, 0.1) is 18.1 Å². The number of ketones is 1. The second kappa shape index (κ2) is 6.74. The lowest BCUT2D eigenvalue weighted by Crippen LogP contribution is -2.22. The smallest absolute Gasteiger partial charge is 0.161 e. The average Bonchev–Trinajstić information content (AvgIpc) is 2.38. The van der Waals surface area contributed by atoms with Crippen molar-refractivity contribution in [1.29, 1.82) is 0 Å². The zero-order valence-corrected chi connectivity index (χ0v) is 13.0. The third-order valence-electron chi connectivity index (χ3n) is 2.91. The number of hydrogen-bond donors (Lipinski definition) is 0. The maximum atomic E-state index is 11.7. The van der Waals surface area contributed by atoms with Crippen LogP contribution in [0.4, 0.5) is 0 Å². The molecule has 1 aromatic rings. The van der Waals surface area contributed by atoms with Crippen molar-refractivity contribution < 1.29 is 22.7 Å². The predicted octanol–water partition coefficient (Wildman–Crippen LogP) is 2.10. The molecular weight excluding hydrogens is 280 g/mol. The summed E-state index contributed by atoms with van der Waals surface area (Å²) in [6.45, 7) is 4.79. The molecule has 0 aliphatic rings. The van der Waals surface area contributed by atoms with Crippen LogP contribution in [0.1, 0.15) is 31.1 Å². The molecule has 0 aromatic heterocycles. The molecule has 20 heavy (non-hydrogen) atoms. The number of rotatable bonds is 7. The standard InChI is InChI=1S/C14H20O5S/c1-10(2)20(16,17)8-7-19-13-6-5-12(11(3)15)9-14(13)18-4/h5-6,9-10H,7-8H2,1-4H3. The number of Topliss-reactive ketones (excluding diaryl/α,β-unsaturated/α-hetero) is 1. The van der Waals surface area contributed by atoms with Gasteiger partial charge in [-0.15, -0.1) is 0 Å². The molecule has 0 radical (unpaired) electrons. The van der Waals surface area contributed by atoms with Crippen molar-refractivity contribution in [2.24, 2.45) is 0 Å². The monoisotopic (exact) mass is 300 g/mol. The Morgan fingerprint density at radius 3 is 2.40 bits per heavy atom. The topological polar surface area (TPSA) is 69.7 Å². The van der Waals surface area contributed by atoms with Crippen LogP contribution in [0, 0.1) is 0 Å². The number of ether oxygens (including phenoxy) is 2. The van der Waals surface area contributed by atoms with Gasteiger partial charge in [-0.1, -0.05) is 0 Å². The van der Waals surface area contributed by atoms with Gasteiger partial charge in [0.25, 0.3) is 0 Å². The largest absolute Gasteiger partial charge is 0.493 e. The third-order valence-corrected chi connectivity index (χ3v) is 5.09. The third kappa shape index (κ3) is 4.23. The summed E-state index contributed by atoms with van der Waals surface area (Å²) in [5.74, 6) is 0.718. The molecule has 6 heteroatoms. The van der Waals surface area contributed by atoms with Gasteiger partial charge in [0, 0.05) is 5.56 Å². The van der Waals surface area contributed by atoms with Crippen LogP contribution in [-0.2, 0) is 9.84 Å². The Morgan fingerprint density at radius 1 is 1.25 bits per heavy atom. The number of methoxy groups -OCH3 is 1. The fourth-order valence-electron chi connectivity index (χ4n) is 1.51. The van der Waals surface area contributed by atoms with Gasteiger partial charge in [-0.25, -0.2) is 8.42 Å². The number of hydrogen-bond acceptors (Lipinski definition) is 5. The van der Waals surface area contributed by atoms with E-state index >= 15 is 0 Å². The summed E-state index contributed by atoms with van der Waals surface area (Å²) in [5.41, 5.74) is 0.518. The Morgan fingerprint density at radius 2 is 1.90 bits per heavy atom. The van der Waals surface area contributed by atoms with E-state index in [4.69, 9.17) is 9.47 Å². The fourth-order valence-corrected chi connectivity index (χ4v) is 2.30. The van der Waals surface area contributed by atoms with Crippen molar-refractivity contribution in [2.45, 2.75) is 26.0 Å². The molecule has 0 saturated heterocycles. The molecule has 0 saturated carbocycles. The summed E-state index contributed by atoms with van der Waals surface area (Å²) in [4.78, 5) is 11.3. The lowest BCUT2D eigenvalue weighted by molar-refractivity contribution is 0.101. The molecule has 1 rings (SSSR count). The van der Waals surface area contributed by atoms with Crippen LogP contribution in [0.2, 0.25) is 0 Å². The van der Waals surface area contributed by atoms with E-state index in [0.29, 0.717) is 17.1 Å². The van der Waals surface area contributed by atoms with Gasteiger partial charge in [-0.05, 0) is 39.0 Å². The lowest BCUT2D eigenvalue weighted by Gasteiger charge is -2.12. The molecule has 1 aromatic carbocycles. The highest BCUT2D eigenvalue weighted by Crippen LogP contribution is 2.28. The highest BCUT2D eigenvalue weighted by Gasteiger charge is 2.16. The van der Waals surface area contributed by atoms with E-state index in [0.717, 1.165) is 0 Å². The molecular formula is C14H20O5S. The molecule has 0 atom stereocenters. The quantitative estimate of drug-likeness (QED) is 0.721. The van der Waals surface area contributed by atoms with Gasteiger partial charge in [-0.2, -0.15) is 0 Å². The highest BCUT2D eigenvalue weighted by molar-refractivity contribution is 7.91. The minimum Gasteiger partial charge on any atom is -0.493 e. The molecule has 0 spiro atoms. The van der Waals surface area contributed by atoms with Gasteiger partial charge in [-0.3, -0.25) is 4.79 Å². The lowest BCUT2D eigenvalue weighted by atomic mass is 10.1. The maximum absolute atomic E-state index is 11.7. The van der Waals surface area contributed by atoms with Crippen molar-refractivity contribution >= 4 is 15.6 Å². The van der Waals surface area contributed by atoms with E-state index in [1.165, 1.54) is 14.0 Å². The first kappa shape index (κ1) is 16.5. The average molecular weight is 300 g/mol. The molecule has 0 aliphatic carbocycles. The molecule has 112 valence electrons. The van der Waals surface area contributed by atoms with Crippen molar-refractivity contribution in [3.63, 3.8) is 0 Å². The first-order chi connectivity index (χ1) is 9.27. The summed E-state index contributed by atoms with van der Waals surface area (Å²) in [6, 6.07) is 4.81. The van der Waals surface area contributed by atoms with Crippen LogP contribution in [0.25, 0.3) is 0 Å². The summed E-state index contributed by atoms with van der Waals surface area (Å²) in [7, 11) is -1.66. The molecule has 0 N–H and O–H groups in total. The van der Waals surface area contributed by atoms with E-state index in [2.05, 4.69) is 0 Å². The van der Waals surface area contributed by atoms with Crippen molar-refractivity contribution in [2.75, 3.05) is 19.5 Å². The predicted molar refractivity (Wildman–Crippen MR) is 77.4 cm³/mol. The van der Waals surface area contributed by atoms with E-state index in [1.807, 2.05) is 0 Å². The van der Waals surface area contributed by atoms with Crippen molar-refractivity contribution in [3.8, 4) is 11.5 Å². The van der Waals surface area contributed by atoms with Gasteiger partial charge in [0.15, 0.2) is 27.1 Å². The first-order valence-electron chi connectivity index (χ1n) is 6.31. The minimum absolute atomic E-state index is 0.0519. The number of carbonyl (C=O) groups excluding carboxylic acids is 1. The zero-order valence-electron chi connectivity index (χ0n) is 12.2. The Labute approximate surface area is 119 Å². The molecule has 5 nitrogen and oxygen atoms in total. The highest BCUT2D eigenvalue weighted by atomic mass is 32.2. The molecule has 0 heterocycles. The second-order valence-electron chi connectivity index (χ2n) is 4.69. The van der Waals surface area contributed by atoms with E-state index < -0.39 is 15.1 Å². The Hall–Kier alpha value is -1.56. The zero-order chi connectivity index (χ0) is 15.3. The Bertz CT molecular complexity index is 575. The molecule has 0 unspecified atom stereocenters. The van der Waals surface area contributed by atoms with Crippen molar-refractivity contribution in [3.05, 3.63) is 23.8 Å². The first-order valence-corrected chi connectivity index (χ1v) is 8.03. The Balaban J connectivity index is 2.76. The molecule has 0 fully saturated rings. The van der Waals surface area contributed by atoms with Gasteiger partial charge in [0.2, 0.25) is 0 Å². The van der Waals surface area contributed by atoms with Crippen LogP contribution in [0.3, 0.4) is 0 Å². The summed E-state index contributed by atoms with van der Waals surface area (Å²) < 4.78 is 33.9. The summed E-state index contributed by atoms with van der Waals surface area (Å²) in [6.07, 6.45) is 0. The molecule has 0 aliphatic heterocycles. The SMILES string of the molecule is COc1cc(C(C)=O)ccc1OCCS(=O)(=O)C(C)C. The number of benzene rings is 1. The normalized spacial score (nSPS) is 11.4. The van der Waals surface area contributed by atoms with Crippen LogP contribution < -0.4 is 9.47 Å². The van der Waals surface area contributed by atoms with Crippen LogP contribution in [-0.4, -0.2) is 38.9 Å². The van der Waals surface area contributed by atoms with Crippen molar-refractivity contribution in [1.82, 2.24) is 0 Å². The van der Waals surface area contributed by atoms with E-state index in [1.54, 1.807) is 32.0 Å². The van der Waals surface area contributed by atoms with Crippen LogP contribution >= 0.6 is 0 Å². The second-order valence-corrected chi connectivity index (χ2v) is 7.36. The van der Waals surface area contributed by atoms with Gasteiger partial charge < -0.3 is 9.47 Å². The Kier molecular flexibility index (Phi) is 5.56. The minimum atomic E-state index is -3.13. The van der Waals surface area contributed by atoms with E-state index in [9.17, 15) is 13.2 Å². The molecule has 0 amide bonds. The fraction of sp³-hybridized carbons (Fsp3) is 0.500. The number of carbonyl (C=O) groups is 1. The van der Waals surface area contributed by atoms with Crippen LogP contribution in [0.15, 0.2) is 18.2 Å². The number of sulfone groups is 1. The molecule has 0 bridgehead atoms. The maximum Gasteiger partial charge on any atom is 0.161 e. The summed E-state index contributed by atoms with van der Waals surface area (Å²) in [5, 5.41) is -0.423.